The quantitative estimate of drug-likeness (QED) is 0.759. The van der Waals surface area contributed by atoms with E-state index in [4.69, 9.17) is 5.11 Å². The number of nitrogens with zero attached hydrogens (tertiary/aromatic N) is 3. The van der Waals surface area contributed by atoms with Crippen LogP contribution in [0.5, 0.6) is 0 Å². The SMILES string of the molecule is Cc1ccnc(N(CCO)CCOCC(F)(F)F)n1. The summed E-state index contributed by atoms with van der Waals surface area (Å²) in [6.07, 6.45) is -2.78. The summed E-state index contributed by atoms with van der Waals surface area (Å²) in [5.74, 6) is 0.365. The lowest BCUT2D eigenvalue weighted by atomic mass is 10.4. The van der Waals surface area contributed by atoms with Crippen LogP contribution in [0.4, 0.5) is 19.1 Å². The minimum absolute atomic E-state index is 0.114. The van der Waals surface area contributed by atoms with Gasteiger partial charge >= 0.3 is 6.18 Å². The summed E-state index contributed by atoms with van der Waals surface area (Å²) in [6, 6.07) is 1.71. The first-order chi connectivity index (χ1) is 8.92. The van der Waals surface area contributed by atoms with Crippen molar-refractivity contribution in [2.45, 2.75) is 13.1 Å². The van der Waals surface area contributed by atoms with Gasteiger partial charge in [-0.15, -0.1) is 0 Å². The largest absolute Gasteiger partial charge is 0.411 e. The van der Waals surface area contributed by atoms with Gasteiger partial charge < -0.3 is 14.7 Å². The van der Waals surface area contributed by atoms with Crippen molar-refractivity contribution in [2.24, 2.45) is 0 Å². The maximum Gasteiger partial charge on any atom is 0.411 e. The Morgan fingerprint density at radius 3 is 2.68 bits per heavy atom. The highest BCUT2D eigenvalue weighted by molar-refractivity contribution is 5.29. The van der Waals surface area contributed by atoms with Gasteiger partial charge in [0.05, 0.1) is 13.2 Å². The van der Waals surface area contributed by atoms with Crippen LogP contribution in [-0.4, -0.2) is 54.2 Å². The Kier molecular flexibility index (Phi) is 5.97. The standard InChI is InChI=1S/C11H16F3N3O2/c1-9-2-3-15-10(16-9)17(4-6-18)5-7-19-8-11(12,13)14/h2-3,18H,4-8H2,1H3. The molecule has 0 aliphatic heterocycles. The molecule has 1 aromatic heterocycles. The predicted molar refractivity (Wildman–Crippen MR) is 62.9 cm³/mol. The number of anilines is 1. The van der Waals surface area contributed by atoms with E-state index < -0.39 is 12.8 Å². The maximum atomic E-state index is 11.9. The molecule has 0 spiro atoms. The molecule has 0 aliphatic rings. The molecular weight excluding hydrogens is 263 g/mol. The Bertz CT molecular complexity index is 388. The van der Waals surface area contributed by atoms with Crippen LogP contribution >= 0.6 is 0 Å². The van der Waals surface area contributed by atoms with Crippen LogP contribution in [0.15, 0.2) is 12.3 Å². The number of aliphatic hydroxyl groups is 1. The molecule has 1 aromatic rings. The third-order valence-electron chi connectivity index (χ3n) is 2.21. The van der Waals surface area contributed by atoms with Crippen molar-refractivity contribution in [2.75, 3.05) is 37.8 Å². The zero-order valence-electron chi connectivity index (χ0n) is 10.5. The van der Waals surface area contributed by atoms with Crippen LogP contribution in [0.25, 0.3) is 0 Å². The van der Waals surface area contributed by atoms with E-state index in [2.05, 4.69) is 14.7 Å². The monoisotopic (exact) mass is 279 g/mol. The lowest BCUT2D eigenvalue weighted by Crippen LogP contribution is -2.33. The van der Waals surface area contributed by atoms with Gasteiger partial charge in [-0.2, -0.15) is 13.2 Å². The third-order valence-corrected chi connectivity index (χ3v) is 2.21. The number of alkyl halides is 3. The Morgan fingerprint density at radius 1 is 1.37 bits per heavy atom. The van der Waals surface area contributed by atoms with Crippen molar-refractivity contribution < 1.29 is 23.0 Å². The van der Waals surface area contributed by atoms with Crippen molar-refractivity contribution in [3.8, 4) is 0 Å². The molecule has 0 radical (unpaired) electrons. The molecule has 0 unspecified atom stereocenters. The number of halogens is 3. The first kappa shape index (κ1) is 15.6. The highest BCUT2D eigenvalue weighted by Gasteiger charge is 2.27. The van der Waals surface area contributed by atoms with Crippen LogP contribution in [-0.2, 0) is 4.74 Å². The summed E-state index contributed by atoms with van der Waals surface area (Å²) in [5, 5.41) is 8.94. The van der Waals surface area contributed by atoms with Gasteiger partial charge in [-0.3, -0.25) is 0 Å². The second-order valence-electron chi connectivity index (χ2n) is 3.88. The second kappa shape index (κ2) is 7.25. The predicted octanol–water partition coefficient (Wildman–Crippen LogP) is 1.16. The minimum Gasteiger partial charge on any atom is -0.395 e. The maximum absolute atomic E-state index is 11.9. The average molecular weight is 279 g/mol. The molecule has 1 N–H and O–H groups in total. The molecule has 1 rings (SSSR count). The van der Waals surface area contributed by atoms with Crippen LogP contribution in [0.2, 0.25) is 0 Å². The molecule has 0 fully saturated rings. The Labute approximate surface area is 109 Å². The fourth-order valence-corrected chi connectivity index (χ4v) is 1.38. The molecule has 0 aliphatic carbocycles. The smallest absolute Gasteiger partial charge is 0.395 e. The summed E-state index contributed by atoms with van der Waals surface area (Å²) in [5.41, 5.74) is 0.740. The zero-order valence-corrected chi connectivity index (χ0v) is 10.5. The number of aryl methyl sites for hydroxylation is 1. The minimum atomic E-state index is -4.33. The van der Waals surface area contributed by atoms with Crippen LogP contribution in [0.1, 0.15) is 5.69 Å². The van der Waals surface area contributed by atoms with Gasteiger partial charge in [0.2, 0.25) is 5.95 Å². The van der Waals surface area contributed by atoms with Crippen LogP contribution in [0, 0.1) is 6.92 Å². The fourth-order valence-electron chi connectivity index (χ4n) is 1.38. The van der Waals surface area contributed by atoms with E-state index >= 15 is 0 Å². The van der Waals surface area contributed by atoms with E-state index in [0.29, 0.717) is 5.95 Å². The van der Waals surface area contributed by atoms with Gasteiger partial charge in [-0.1, -0.05) is 0 Å². The number of aliphatic hydroxyl groups excluding tert-OH is 1. The summed E-state index contributed by atoms with van der Waals surface area (Å²) >= 11 is 0. The Balaban J connectivity index is 2.49. The molecule has 8 heteroatoms. The topological polar surface area (TPSA) is 58.5 Å². The molecule has 0 amide bonds. The number of aromatic nitrogens is 2. The van der Waals surface area contributed by atoms with Crippen LogP contribution in [0.3, 0.4) is 0 Å². The van der Waals surface area contributed by atoms with Gasteiger partial charge in [0.1, 0.15) is 6.61 Å². The van der Waals surface area contributed by atoms with Crippen molar-refractivity contribution in [1.29, 1.82) is 0 Å². The Morgan fingerprint density at radius 2 is 2.11 bits per heavy atom. The molecule has 5 nitrogen and oxygen atoms in total. The average Bonchev–Trinajstić information content (AvgIpc) is 2.32. The van der Waals surface area contributed by atoms with Crippen molar-refractivity contribution in [1.82, 2.24) is 9.97 Å². The van der Waals surface area contributed by atoms with E-state index in [0.717, 1.165) is 5.69 Å². The molecule has 0 aromatic carbocycles. The lowest BCUT2D eigenvalue weighted by Gasteiger charge is -2.21. The Hall–Kier alpha value is -1.41. The number of rotatable bonds is 7. The van der Waals surface area contributed by atoms with Gasteiger partial charge in [-0.05, 0) is 13.0 Å². The molecule has 19 heavy (non-hydrogen) atoms. The molecule has 0 saturated heterocycles. The van der Waals surface area contributed by atoms with E-state index in [1.807, 2.05) is 0 Å². The summed E-state index contributed by atoms with van der Waals surface area (Å²) in [4.78, 5) is 9.73. The van der Waals surface area contributed by atoms with Crippen molar-refractivity contribution in [3.05, 3.63) is 18.0 Å². The zero-order chi connectivity index (χ0) is 14.3. The van der Waals surface area contributed by atoms with Gasteiger partial charge in [-0.25, -0.2) is 9.97 Å². The normalized spacial score (nSPS) is 11.6. The fraction of sp³-hybridized carbons (Fsp3) is 0.636. The van der Waals surface area contributed by atoms with Crippen molar-refractivity contribution in [3.63, 3.8) is 0 Å². The number of hydrogen-bond donors (Lipinski definition) is 1. The molecule has 0 bridgehead atoms. The van der Waals surface area contributed by atoms with E-state index in [-0.39, 0.29) is 26.3 Å². The summed E-state index contributed by atoms with van der Waals surface area (Å²) < 4.78 is 40.2. The van der Waals surface area contributed by atoms with Gasteiger partial charge in [0.25, 0.3) is 0 Å². The highest BCUT2D eigenvalue weighted by Crippen LogP contribution is 2.14. The molecule has 1 heterocycles. The van der Waals surface area contributed by atoms with E-state index in [9.17, 15) is 13.2 Å². The first-order valence-corrected chi connectivity index (χ1v) is 5.72. The molecule has 0 saturated carbocycles. The number of ether oxygens (including phenoxy) is 1. The van der Waals surface area contributed by atoms with E-state index in [1.54, 1.807) is 24.1 Å². The highest BCUT2D eigenvalue weighted by atomic mass is 19.4. The third kappa shape index (κ3) is 6.35. The van der Waals surface area contributed by atoms with Gasteiger partial charge in [0, 0.05) is 25.0 Å². The van der Waals surface area contributed by atoms with Crippen molar-refractivity contribution >= 4 is 5.95 Å². The van der Waals surface area contributed by atoms with Crippen LogP contribution < -0.4 is 4.90 Å². The summed E-state index contributed by atoms with van der Waals surface area (Å²) in [6.45, 7) is 0.656. The second-order valence-corrected chi connectivity index (χ2v) is 3.88. The molecule has 0 atom stereocenters. The summed E-state index contributed by atoms with van der Waals surface area (Å²) in [7, 11) is 0. The molecular formula is C11H16F3N3O2. The lowest BCUT2D eigenvalue weighted by molar-refractivity contribution is -0.173. The van der Waals surface area contributed by atoms with Gasteiger partial charge in [0.15, 0.2) is 0 Å². The molecule has 108 valence electrons. The van der Waals surface area contributed by atoms with E-state index in [1.165, 1.54) is 0 Å². The first-order valence-electron chi connectivity index (χ1n) is 5.72. The number of hydrogen-bond acceptors (Lipinski definition) is 5.